The Labute approximate surface area is 234 Å². The number of carbonyl (C=O) groups is 1. The van der Waals surface area contributed by atoms with Crippen LogP contribution in [0.1, 0.15) is 27.4 Å². The molecule has 3 aromatic carbocycles. The predicted molar refractivity (Wildman–Crippen MR) is 152 cm³/mol. The smallest absolute Gasteiger partial charge is 0.289 e. The van der Waals surface area contributed by atoms with Crippen LogP contribution in [-0.4, -0.2) is 56.1 Å². The highest BCUT2D eigenvalue weighted by Gasteiger charge is 2.26. The Kier molecular flexibility index (Phi) is 8.66. The van der Waals surface area contributed by atoms with Gasteiger partial charge in [0.25, 0.3) is 5.91 Å². The van der Waals surface area contributed by atoms with Gasteiger partial charge in [0.2, 0.25) is 0 Å². The topological polar surface area (TPSA) is 58.4 Å². The normalized spacial score (nSPS) is 13.5. The second kappa shape index (κ2) is 12.7. The first-order valence-electron chi connectivity index (χ1n) is 13.4. The quantitative estimate of drug-likeness (QED) is 0.260. The summed E-state index contributed by atoms with van der Waals surface area (Å²) in [7, 11) is 3.31. The summed E-state index contributed by atoms with van der Waals surface area (Å²) < 4.78 is 30.7. The molecule has 2 heterocycles. The number of furan rings is 1. The van der Waals surface area contributed by atoms with Gasteiger partial charge in [-0.2, -0.15) is 0 Å². The van der Waals surface area contributed by atoms with Gasteiger partial charge in [0.1, 0.15) is 23.1 Å². The lowest BCUT2D eigenvalue weighted by atomic mass is 10.1. The van der Waals surface area contributed by atoms with Gasteiger partial charge in [-0.15, -0.1) is 0 Å². The maximum absolute atomic E-state index is 13.9. The SMILES string of the molecule is COc1ccc(CN(Cc2cccc(F)c2)Cc2ccc(C(=O)N3CCN(c4ccccc4OC)CC3)o2)cc1. The van der Waals surface area contributed by atoms with Gasteiger partial charge in [-0.25, -0.2) is 4.39 Å². The molecular formula is C32H34FN3O4. The fraction of sp³-hybridized carbons (Fsp3) is 0.281. The monoisotopic (exact) mass is 543 g/mol. The lowest BCUT2D eigenvalue weighted by molar-refractivity contribution is 0.0710. The van der Waals surface area contributed by atoms with Gasteiger partial charge in [0.05, 0.1) is 26.5 Å². The molecule has 0 N–H and O–H groups in total. The minimum absolute atomic E-state index is 0.113. The lowest BCUT2D eigenvalue weighted by Crippen LogP contribution is -2.48. The number of hydrogen-bond donors (Lipinski definition) is 0. The van der Waals surface area contributed by atoms with Crippen LogP contribution in [0.5, 0.6) is 11.5 Å². The maximum atomic E-state index is 13.9. The molecule has 0 atom stereocenters. The van der Waals surface area contributed by atoms with E-state index in [4.69, 9.17) is 13.9 Å². The number of methoxy groups -OCH3 is 2. The molecule has 1 saturated heterocycles. The summed E-state index contributed by atoms with van der Waals surface area (Å²) in [5, 5.41) is 0. The lowest BCUT2D eigenvalue weighted by Gasteiger charge is -2.36. The standard InChI is InChI=1S/C32H34FN3O4/c1-38-27-12-10-24(11-13-27)21-34(22-25-6-5-7-26(33)20-25)23-28-14-15-31(40-28)32(37)36-18-16-35(17-19-36)29-8-3-4-9-30(29)39-2/h3-15,20H,16-19,21-23H2,1-2H3. The average molecular weight is 544 g/mol. The molecule has 0 unspecified atom stereocenters. The number of carbonyl (C=O) groups excluding carboxylic acids is 1. The third-order valence-electron chi connectivity index (χ3n) is 7.11. The molecule has 7 nitrogen and oxygen atoms in total. The van der Waals surface area contributed by atoms with Crippen molar-refractivity contribution in [2.75, 3.05) is 45.3 Å². The molecule has 1 aliphatic heterocycles. The zero-order valence-corrected chi connectivity index (χ0v) is 22.9. The van der Waals surface area contributed by atoms with Gasteiger partial charge in [0.15, 0.2) is 5.76 Å². The second-order valence-corrected chi connectivity index (χ2v) is 9.84. The highest BCUT2D eigenvalue weighted by molar-refractivity contribution is 5.91. The summed E-state index contributed by atoms with van der Waals surface area (Å²) >= 11 is 0. The average Bonchev–Trinajstić information content (AvgIpc) is 3.45. The number of hydrogen-bond acceptors (Lipinski definition) is 6. The van der Waals surface area contributed by atoms with Crippen LogP contribution in [0.2, 0.25) is 0 Å². The van der Waals surface area contributed by atoms with E-state index in [2.05, 4.69) is 9.80 Å². The highest BCUT2D eigenvalue weighted by Crippen LogP contribution is 2.28. The third-order valence-corrected chi connectivity index (χ3v) is 7.11. The predicted octanol–water partition coefficient (Wildman–Crippen LogP) is 5.60. The van der Waals surface area contributed by atoms with Crippen molar-refractivity contribution in [3.63, 3.8) is 0 Å². The van der Waals surface area contributed by atoms with Gasteiger partial charge >= 0.3 is 0 Å². The molecule has 0 bridgehead atoms. The fourth-order valence-electron chi connectivity index (χ4n) is 5.05. The Morgan fingerprint density at radius 2 is 1.57 bits per heavy atom. The van der Waals surface area contributed by atoms with E-state index in [9.17, 15) is 9.18 Å². The van der Waals surface area contributed by atoms with Gasteiger partial charge in [-0.1, -0.05) is 36.4 Å². The van der Waals surface area contributed by atoms with Crippen molar-refractivity contribution in [2.45, 2.75) is 19.6 Å². The van der Waals surface area contributed by atoms with Gasteiger partial charge in [-0.05, 0) is 59.7 Å². The Balaban J connectivity index is 1.24. The van der Waals surface area contributed by atoms with E-state index in [0.717, 1.165) is 28.3 Å². The summed E-state index contributed by atoms with van der Waals surface area (Å²) in [6, 6.07) is 26.0. The Morgan fingerprint density at radius 3 is 2.30 bits per heavy atom. The molecule has 208 valence electrons. The number of benzene rings is 3. The number of nitrogens with zero attached hydrogens (tertiary/aromatic N) is 3. The molecule has 0 radical (unpaired) electrons. The Hall–Kier alpha value is -4.30. The molecule has 1 aliphatic rings. The molecule has 4 aromatic rings. The molecular weight excluding hydrogens is 509 g/mol. The zero-order valence-electron chi connectivity index (χ0n) is 22.9. The van der Waals surface area contributed by atoms with Crippen molar-refractivity contribution >= 4 is 11.6 Å². The molecule has 0 aliphatic carbocycles. The van der Waals surface area contributed by atoms with Crippen LogP contribution >= 0.6 is 0 Å². The van der Waals surface area contributed by atoms with Crippen molar-refractivity contribution in [2.24, 2.45) is 0 Å². The number of piperazine rings is 1. The maximum Gasteiger partial charge on any atom is 0.289 e. The molecule has 8 heteroatoms. The van der Waals surface area contributed by atoms with Gasteiger partial charge in [-0.3, -0.25) is 9.69 Å². The van der Waals surface area contributed by atoms with E-state index in [1.54, 1.807) is 32.4 Å². The molecule has 1 aromatic heterocycles. The van der Waals surface area contributed by atoms with Gasteiger partial charge in [0, 0.05) is 39.3 Å². The number of rotatable bonds is 10. The number of ether oxygens (including phenoxy) is 2. The zero-order chi connectivity index (χ0) is 27.9. The summed E-state index contributed by atoms with van der Waals surface area (Å²) in [6.07, 6.45) is 0. The van der Waals surface area contributed by atoms with Gasteiger partial charge < -0.3 is 23.7 Å². The van der Waals surface area contributed by atoms with Crippen LogP contribution in [0.3, 0.4) is 0 Å². The third kappa shape index (κ3) is 6.63. The van der Waals surface area contributed by atoms with Crippen LogP contribution in [0, 0.1) is 5.82 Å². The first-order valence-corrected chi connectivity index (χ1v) is 13.4. The molecule has 0 spiro atoms. The number of anilines is 1. The molecule has 1 fully saturated rings. The van der Waals surface area contributed by atoms with Crippen molar-refractivity contribution in [1.82, 2.24) is 9.80 Å². The highest BCUT2D eigenvalue weighted by atomic mass is 19.1. The molecule has 1 amide bonds. The van der Waals surface area contributed by atoms with Crippen molar-refractivity contribution in [3.05, 3.63) is 113 Å². The number of para-hydroxylation sites is 2. The summed E-state index contributed by atoms with van der Waals surface area (Å²) in [5.41, 5.74) is 2.99. The number of halogens is 1. The molecule has 0 saturated carbocycles. The van der Waals surface area contributed by atoms with Crippen molar-refractivity contribution in [1.29, 1.82) is 0 Å². The summed E-state index contributed by atoms with van der Waals surface area (Å²) in [6.45, 7) is 4.23. The van der Waals surface area contributed by atoms with E-state index < -0.39 is 0 Å². The molecule has 40 heavy (non-hydrogen) atoms. The van der Waals surface area contributed by atoms with Crippen LogP contribution in [-0.2, 0) is 19.6 Å². The Bertz CT molecular complexity index is 1410. The summed E-state index contributed by atoms with van der Waals surface area (Å²) in [4.78, 5) is 19.5. The molecule has 5 rings (SSSR count). The minimum atomic E-state index is -0.265. The van der Waals surface area contributed by atoms with E-state index in [0.29, 0.717) is 57.3 Å². The minimum Gasteiger partial charge on any atom is -0.497 e. The van der Waals surface area contributed by atoms with Crippen LogP contribution < -0.4 is 14.4 Å². The van der Waals surface area contributed by atoms with Crippen molar-refractivity contribution in [3.8, 4) is 11.5 Å². The van der Waals surface area contributed by atoms with Crippen LogP contribution in [0.15, 0.2) is 89.3 Å². The van der Waals surface area contributed by atoms with E-state index >= 15 is 0 Å². The Morgan fingerprint density at radius 1 is 0.825 bits per heavy atom. The second-order valence-electron chi connectivity index (χ2n) is 9.84. The fourth-order valence-corrected chi connectivity index (χ4v) is 5.05. The first kappa shape index (κ1) is 27.3. The van der Waals surface area contributed by atoms with E-state index in [1.165, 1.54) is 6.07 Å². The van der Waals surface area contributed by atoms with Crippen LogP contribution in [0.4, 0.5) is 10.1 Å². The van der Waals surface area contributed by atoms with Crippen molar-refractivity contribution < 1.29 is 23.1 Å². The first-order chi connectivity index (χ1) is 19.5. The largest absolute Gasteiger partial charge is 0.497 e. The van der Waals surface area contributed by atoms with E-state index in [-0.39, 0.29) is 11.7 Å². The van der Waals surface area contributed by atoms with Crippen LogP contribution in [0.25, 0.3) is 0 Å². The van der Waals surface area contributed by atoms with E-state index in [1.807, 2.05) is 65.6 Å². The number of amides is 1. The summed E-state index contributed by atoms with van der Waals surface area (Å²) in [5.74, 6) is 2.25.